The Bertz CT molecular complexity index is 1060. The van der Waals surface area contributed by atoms with E-state index in [9.17, 15) is 22.8 Å². The van der Waals surface area contributed by atoms with Gasteiger partial charge in [-0.3, -0.25) is 9.59 Å². The lowest BCUT2D eigenvalue weighted by atomic mass is 10.1. The molecule has 2 aliphatic heterocycles. The molecule has 10 nitrogen and oxygen atoms in total. The van der Waals surface area contributed by atoms with Gasteiger partial charge in [-0.15, -0.1) is 0 Å². The van der Waals surface area contributed by atoms with Crippen LogP contribution < -0.4 is 15.8 Å². The van der Waals surface area contributed by atoms with Gasteiger partial charge in [0.25, 0.3) is 5.56 Å². The van der Waals surface area contributed by atoms with Gasteiger partial charge in [0, 0.05) is 32.7 Å². The lowest BCUT2D eigenvalue weighted by Crippen LogP contribution is -2.49. The van der Waals surface area contributed by atoms with Crippen molar-refractivity contribution in [2.75, 3.05) is 42.9 Å². The molecule has 0 saturated carbocycles. The zero-order valence-electron chi connectivity index (χ0n) is 18.0. The molecule has 0 unspecified atom stereocenters. The number of nitrogens with one attached hydrogen (secondary N) is 2. The summed E-state index contributed by atoms with van der Waals surface area (Å²) in [6.45, 7) is 2.31. The van der Waals surface area contributed by atoms with Crippen LogP contribution in [-0.2, 0) is 15.7 Å². The highest BCUT2D eigenvalue weighted by Gasteiger charge is 2.38. The summed E-state index contributed by atoms with van der Waals surface area (Å²) in [5, 5.41) is 8.30. The first-order valence-corrected chi connectivity index (χ1v) is 11.1. The highest BCUT2D eigenvalue weighted by molar-refractivity contribution is 6.30. The SMILES string of the molecule is O=C(C[C@@H]1CC[C@@H](CNc2cn[nH]c(=O)c2C(F)(F)F)O1)N1CCN(c2ncc(Cl)cn2)CC1. The number of alkyl halides is 3. The van der Waals surface area contributed by atoms with Crippen LogP contribution in [0.15, 0.2) is 23.4 Å². The van der Waals surface area contributed by atoms with Gasteiger partial charge in [-0.2, -0.15) is 18.3 Å². The van der Waals surface area contributed by atoms with Crippen molar-refractivity contribution < 1.29 is 22.7 Å². The van der Waals surface area contributed by atoms with Gasteiger partial charge in [0.2, 0.25) is 11.9 Å². The molecule has 4 heterocycles. The van der Waals surface area contributed by atoms with Crippen molar-refractivity contribution in [2.45, 2.75) is 37.6 Å². The Hall–Kier alpha value is -2.93. The van der Waals surface area contributed by atoms with Gasteiger partial charge < -0.3 is 19.9 Å². The quantitative estimate of drug-likeness (QED) is 0.617. The molecular weight excluding hydrogens is 479 g/mol. The van der Waals surface area contributed by atoms with E-state index in [1.807, 2.05) is 4.90 Å². The molecule has 2 N–H and O–H groups in total. The monoisotopic (exact) mass is 501 g/mol. The average molecular weight is 502 g/mol. The summed E-state index contributed by atoms with van der Waals surface area (Å²) in [5.74, 6) is 0.531. The third-order valence-corrected chi connectivity index (χ3v) is 5.97. The third kappa shape index (κ3) is 5.76. The molecule has 2 aromatic rings. The van der Waals surface area contributed by atoms with E-state index in [1.54, 1.807) is 10.00 Å². The zero-order valence-corrected chi connectivity index (χ0v) is 18.8. The van der Waals surface area contributed by atoms with Gasteiger partial charge in [-0.1, -0.05) is 11.6 Å². The highest BCUT2D eigenvalue weighted by Crippen LogP contribution is 2.32. The Balaban J connectivity index is 1.23. The fraction of sp³-hybridized carbons (Fsp3) is 0.550. The molecule has 0 spiro atoms. The molecule has 2 aromatic heterocycles. The van der Waals surface area contributed by atoms with Crippen LogP contribution in [0.4, 0.5) is 24.8 Å². The number of ether oxygens (including phenoxy) is 1. The number of carbonyl (C=O) groups excluding carboxylic acids is 1. The molecule has 2 aliphatic rings. The van der Waals surface area contributed by atoms with E-state index >= 15 is 0 Å². The van der Waals surface area contributed by atoms with E-state index in [-0.39, 0.29) is 31.1 Å². The largest absolute Gasteiger partial charge is 0.423 e. The maximum absolute atomic E-state index is 13.2. The number of hydrogen-bond donors (Lipinski definition) is 2. The van der Waals surface area contributed by atoms with E-state index in [0.29, 0.717) is 50.0 Å². The summed E-state index contributed by atoms with van der Waals surface area (Å²) >= 11 is 5.81. The van der Waals surface area contributed by atoms with Crippen molar-refractivity contribution in [2.24, 2.45) is 0 Å². The first-order valence-electron chi connectivity index (χ1n) is 10.7. The zero-order chi connectivity index (χ0) is 24.3. The number of piperazine rings is 1. The first kappa shape index (κ1) is 24.2. The van der Waals surface area contributed by atoms with Crippen LogP contribution in [0, 0.1) is 0 Å². The highest BCUT2D eigenvalue weighted by atomic mass is 35.5. The fourth-order valence-corrected chi connectivity index (χ4v) is 4.16. The number of aromatic amines is 1. The van der Waals surface area contributed by atoms with E-state index < -0.39 is 23.0 Å². The molecular formula is C20H23ClF3N7O3. The Labute approximate surface area is 197 Å². The third-order valence-electron chi connectivity index (χ3n) is 5.78. The fourth-order valence-electron chi connectivity index (χ4n) is 4.07. The smallest absolute Gasteiger partial charge is 0.380 e. The Morgan fingerprint density at radius 3 is 2.50 bits per heavy atom. The molecule has 2 saturated heterocycles. The van der Waals surface area contributed by atoms with Crippen molar-refractivity contribution in [1.82, 2.24) is 25.1 Å². The van der Waals surface area contributed by atoms with Gasteiger partial charge in [0.05, 0.1) is 47.9 Å². The molecule has 184 valence electrons. The van der Waals surface area contributed by atoms with Crippen molar-refractivity contribution in [1.29, 1.82) is 0 Å². The second-order valence-electron chi connectivity index (χ2n) is 8.10. The Morgan fingerprint density at radius 1 is 1.15 bits per heavy atom. The topological polar surface area (TPSA) is 116 Å². The summed E-state index contributed by atoms with van der Waals surface area (Å²) in [6, 6.07) is 0. The van der Waals surface area contributed by atoms with E-state index in [2.05, 4.69) is 20.4 Å². The van der Waals surface area contributed by atoms with Crippen LogP contribution in [0.3, 0.4) is 0 Å². The van der Waals surface area contributed by atoms with Crippen LogP contribution in [0.5, 0.6) is 0 Å². The summed E-state index contributed by atoms with van der Waals surface area (Å²) in [6.07, 6.45) is -0.104. The van der Waals surface area contributed by atoms with Crippen LogP contribution >= 0.6 is 11.6 Å². The molecule has 0 aromatic carbocycles. The molecule has 0 radical (unpaired) electrons. The first-order chi connectivity index (χ1) is 16.2. The maximum atomic E-state index is 13.2. The number of nitrogens with zero attached hydrogens (tertiary/aromatic N) is 5. The van der Waals surface area contributed by atoms with Crippen molar-refractivity contribution >= 4 is 29.1 Å². The molecule has 34 heavy (non-hydrogen) atoms. The molecule has 0 bridgehead atoms. The van der Waals surface area contributed by atoms with Gasteiger partial charge in [-0.05, 0) is 12.8 Å². The standard InChI is InChI=1S/C20H23ClF3N7O3/c21-12-8-26-19(27-9-12)31-5-3-30(4-6-31)16(32)7-13-1-2-14(34-13)10-25-15-11-28-29-18(33)17(15)20(22,23)24/h8-9,11,13-14H,1-7,10H2,(H2,25,29,33)/t13-,14-/m0/s1. The minimum atomic E-state index is -4.81. The van der Waals surface area contributed by atoms with Gasteiger partial charge in [0.15, 0.2) is 0 Å². The second-order valence-corrected chi connectivity index (χ2v) is 8.53. The van der Waals surface area contributed by atoms with Crippen LogP contribution in [0.2, 0.25) is 5.02 Å². The van der Waals surface area contributed by atoms with Crippen molar-refractivity contribution in [3.63, 3.8) is 0 Å². The number of hydrogen-bond acceptors (Lipinski definition) is 8. The lowest BCUT2D eigenvalue weighted by molar-refractivity contribution is -0.138. The molecule has 0 aliphatic carbocycles. The number of H-pyrrole nitrogens is 1. The molecule has 2 atom stereocenters. The molecule has 14 heteroatoms. The number of carbonyl (C=O) groups is 1. The van der Waals surface area contributed by atoms with Crippen molar-refractivity contribution in [3.05, 3.63) is 39.5 Å². The number of amides is 1. The van der Waals surface area contributed by atoms with Crippen LogP contribution in [-0.4, -0.2) is 75.9 Å². The minimum Gasteiger partial charge on any atom is -0.380 e. The molecule has 2 fully saturated rings. The van der Waals surface area contributed by atoms with Gasteiger partial charge in [0.1, 0.15) is 5.56 Å². The Kier molecular flexibility index (Phi) is 7.22. The van der Waals surface area contributed by atoms with Crippen LogP contribution in [0.25, 0.3) is 0 Å². The number of anilines is 2. The van der Waals surface area contributed by atoms with Gasteiger partial charge in [-0.25, -0.2) is 15.1 Å². The van der Waals surface area contributed by atoms with E-state index in [0.717, 1.165) is 6.20 Å². The summed E-state index contributed by atoms with van der Waals surface area (Å²) < 4.78 is 45.3. The van der Waals surface area contributed by atoms with E-state index in [1.165, 1.54) is 12.4 Å². The summed E-state index contributed by atoms with van der Waals surface area (Å²) in [5.41, 5.74) is -3.03. The summed E-state index contributed by atoms with van der Waals surface area (Å²) in [7, 11) is 0. The van der Waals surface area contributed by atoms with Gasteiger partial charge >= 0.3 is 6.18 Å². The Morgan fingerprint density at radius 2 is 1.82 bits per heavy atom. The number of rotatable bonds is 6. The van der Waals surface area contributed by atoms with Crippen molar-refractivity contribution in [3.8, 4) is 0 Å². The predicted molar refractivity (Wildman–Crippen MR) is 117 cm³/mol. The lowest BCUT2D eigenvalue weighted by Gasteiger charge is -2.35. The predicted octanol–water partition coefficient (Wildman–Crippen LogP) is 1.93. The van der Waals surface area contributed by atoms with Crippen LogP contribution in [0.1, 0.15) is 24.8 Å². The number of halogens is 4. The normalized spacial score (nSPS) is 21.1. The summed E-state index contributed by atoms with van der Waals surface area (Å²) in [4.78, 5) is 36.4. The average Bonchev–Trinajstić information content (AvgIpc) is 3.24. The second kappa shape index (κ2) is 10.1. The number of aromatic nitrogens is 4. The molecule has 4 rings (SSSR count). The van der Waals surface area contributed by atoms with E-state index in [4.69, 9.17) is 16.3 Å². The maximum Gasteiger partial charge on any atom is 0.423 e. The molecule has 1 amide bonds. The minimum absolute atomic E-state index is 0.0339.